The standard InChI is InChI=1S/C70H120O6/c1-4-7-10-13-16-19-22-25-27-28-29-30-31-32-33-34-35-36-37-38-39-40-41-42-43-46-48-51-54-57-60-63-69(72)75-66-67(65-74-68(71)62-59-56-53-50-47-44-24-21-18-15-12-9-6-3)76-70(73)64-61-58-55-52-49-45-26-23-20-17-14-11-8-5-2/h9,12,14,17-18,21-23,25-26,28-29,31-32,44,47,67H,4-8,10-11,13,15-16,19-20,24,27,30,33-43,45-46,48-66H2,1-3H3/b12-9-,17-14-,21-18-,25-22-,26-23-,29-28-,32-31-,47-44-. The van der Waals surface area contributed by atoms with Gasteiger partial charge in [-0.2, -0.15) is 0 Å². The summed E-state index contributed by atoms with van der Waals surface area (Å²) < 4.78 is 16.9. The van der Waals surface area contributed by atoms with Crippen LogP contribution in [0.25, 0.3) is 0 Å². The summed E-state index contributed by atoms with van der Waals surface area (Å²) in [5, 5.41) is 0. The summed E-state index contributed by atoms with van der Waals surface area (Å²) in [4.78, 5) is 38.2. The van der Waals surface area contributed by atoms with E-state index in [1.54, 1.807) is 0 Å². The second-order valence-corrected chi connectivity index (χ2v) is 21.3. The average Bonchev–Trinajstić information content (AvgIpc) is 3.42. The maximum Gasteiger partial charge on any atom is 0.306 e. The van der Waals surface area contributed by atoms with E-state index in [-0.39, 0.29) is 31.1 Å². The molecule has 0 saturated heterocycles. The summed E-state index contributed by atoms with van der Waals surface area (Å²) in [5.41, 5.74) is 0. The van der Waals surface area contributed by atoms with Gasteiger partial charge < -0.3 is 14.2 Å². The Kier molecular flexibility index (Phi) is 60.8. The largest absolute Gasteiger partial charge is 0.462 e. The molecule has 0 spiro atoms. The third kappa shape index (κ3) is 61.2. The zero-order chi connectivity index (χ0) is 55.0. The predicted octanol–water partition coefficient (Wildman–Crippen LogP) is 22.0. The van der Waals surface area contributed by atoms with Gasteiger partial charge in [0.25, 0.3) is 0 Å². The highest BCUT2D eigenvalue weighted by atomic mass is 16.6. The van der Waals surface area contributed by atoms with Crippen LogP contribution in [0.3, 0.4) is 0 Å². The summed E-state index contributed by atoms with van der Waals surface area (Å²) in [5.74, 6) is -0.929. The number of esters is 3. The van der Waals surface area contributed by atoms with Crippen LogP contribution in [0.1, 0.15) is 310 Å². The lowest BCUT2D eigenvalue weighted by Gasteiger charge is -2.18. The normalized spacial score (nSPS) is 12.7. The Morgan fingerprint density at radius 2 is 0.526 bits per heavy atom. The van der Waals surface area contributed by atoms with E-state index >= 15 is 0 Å². The Bertz CT molecular complexity index is 1490. The van der Waals surface area contributed by atoms with Gasteiger partial charge in [-0.25, -0.2) is 0 Å². The van der Waals surface area contributed by atoms with E-state index in [4.69, 9.17) is 14.2 Å². The number of unbranched alkanes of at least 4 members (excludes halogenated alkanes) is 31. The first kappa shape index (κ1) is 72.3. The monoisotopic (exact) mass is 1060 g/mol. The van der Waals surface area contributed by atoms with E-state index in [0.717, 1.165) is 122 Å². The van der Waals surface area contributed by atoms with Crippen LogP contribution in [-0.2, 0) is 28.6 Å². The molecule has 6 heteroatoms. The molecule has 0 aromatic heterocycles. The van der Waals surface area contributed by atoms with Crippen molar-refractivity contribution < 1.29 is 28.6 Å². The molecule has 0 bridgehead atoms. The Morgan fingerprint density at radius 3 is 0.855 bits per heavy atom. The smallest absolute Gasteiger partial charge is 0.306 e. The SMILES string of the molecule is CC/C=C\C/C=C\C/C=C\CCCCCC(=O)OCC(COC(=O)CCCCCCCCCCCCCCCCCC/C=C\C/C=C\C/C=C\CCCCCCC)OC(=O)CCCCCCC/C=C\C/C=C\CCCC. The molecule has 0 aromatic carbocycles. The van der Waals surface area contributed by atoms with Crippen molar-refractivity contribution >= 4 is 17.9 Å². The zero-order valence-electron chi connectivity index (χ0n) is 50.0. The van der Waals surface area contributed by atoms with Gasteiger partial charge in [0, 0.05) is 19.3 Å². The minimum absolute atomic E-state index is 0.0916. The van der Waals surface area contributed by atoms with E-state index < -0.39 is 6.10 Å². The summed E-state index contributed by atoms with van der Waals surface area (Å²) in [6.07, 6.45) is 85.8. The molecule has 0 saturated carbocycles. The first-order valence-electron chi connectivity index (χ1n) is 32.2. The van der Waals surface area contributed by atoms with Crippen LogP contribution in [0, 0.1) is 0 Å². The van der Waals surface area contributed by atoms with Crippen LogP contribution < -0.4 is 0 Å². The lowest BCUT2D eigenvalue weighted by molar-refractivity contribution is -0.167. The van der Waals surface area contributed by atoms with Gasteiger partial charge in [0.05, 0.1) is 0 Å². The average molecular weight is 1060 g/mol. The molecule has 1 atom stereocenters. The van der Waals surface area contributed by atoms with Gasteiger partial charge in [-0.3, -0.25) is 14.4 Å². The third-order valence-corrected chi connectivity index (χ3v) is 13.8. The molecular formula is C70H120O6. The molecule has 0 heterocycles. The van der Waals surface area contributed by atoms with Crippen molar-refractivity contribution in [1.29, 1.82) is 0 Å². The molecule has 0 aliphatic rings. The lowest BCUT2D eigenvalue weighted by Crippen LogP contribution is -2.30. The maximum atomic E-state index is 12.9. The molecule has 76 heavy (non-hydrogen) atoms. The van der Waals surface area contributed by atoms with Gasteiger partial charge in [0.1, 0.15) is 13.2 Å². The lowest BCUT2D eigenvalue weighted by atomic mass is 10.0. The summed E-state index contributed by atoms with van der Waals surface area (Å²) in [6.45, 7) is 6.45. The number of rotatable bonds is 58. The van der Waals surface area contributed by atoms with Crippen molar-refractivity contribution in [1.82, 2.24) is 0 Å². The fraction of sp³-hybridized carbons (Fsp3) is 0.729. The molecule has 0 aromatic rings. The highest BCUT2D eigenvalue weighted by Gasteiger charge is 2.19. The van der Waals surface area contributed by atoms with Crippen molar-refractivity contribution in [3.8, 4) is 0 Å². The van der Waals surface area contributed by atoms with Crippen molar-refractivity contribution in [3.05, 3.63) is 97.2 Å². The Morgan fingerprint density at radius 1 is 0.276 bits per heavy atom. The van der Waals surface area contributed by atoms with E-state index in [0.29, 0.717) is 19.3 Å². The van der Waals surface area contributed by atoms with Gasteiger partial charge >= 0.3 is 17.9 Å². The minimum atomic E-state index is -0.797. The van der Waals surface area contributed by atoms with Crippen LogP contribution in [0.5, 0.6) is 0 Å². The van der Waals surface area contributed by atoms with Gasteiger partial charge in [0.15, 0.2) is 6.10 Å². The van der Waals surface area contributed by atoms with Crippen LogP contribution in [0.2, 0.25) is 0 Å². The molecule has 6 nitrogen and oxygen atoms in total. The molecular weight excluding hydrogens is 937 g/mol. The van der Waals surface area contributed by atoms with Crippen LogP contribution in [0.15, 0.2) is 97.2 Å². The Balaban J connectivity index is 4.19. The number of carbonyl (C=O) groups excluding carboxylic acids is 3. The van der Waals surface area contributed by atoms with E-state index in [1.165, 1.54) is 148 Å². The molecule has 0 aliphatic heterocycles. The Hall–Kier alpha value is -3.67. The molecule has 0 fully saturated rings. The van der Waals surface area contributed by atoms with Crippen molar-refractivity contribution in [2.75, 3.05) is 13.2 Å². The van der Waals surface area contributed by atoms with Crippen LogP contribution in [-0.4, -0.2) is 37.2 Å². The summed E-state index contributed by atoms with van der Waals surface area (Å²) in [6, 6.07) is 0. The number of hydrogen-bond donors (Lipinski definition) is 0. The number of ether oxygens (including phenoxy) is 3. The fourth-order valence-electron chi connectivity index (χ4n) is 8.95. The van der Waals surface area contributed by atoms with Crippen LogP contribution in [0.4, 0.5) is 0 Å². The van der Waals surface area contributed by atoms with E-state index in [2.05, 4.69) is 118 Å². The molecule has 0 radical (unpaired) electrons. The molecule has 0 aliphatic carbocycles. The van der Waals surface area contributed by atoms with Gasteiger partial charge in [-0.15, -0.1) is 0 Å². The first-order valence-corrected chi connectivity index (χ1v) is 32.2. The molecule has 0 rings (SSSR count). The second kappa shape index (κ2) is 63.9. The highest BCUT2D eigenvalue weighted by molar-refractivity contribution is 5.71. The zero-order valence-corrected chi connectivity index (χ0v) is 50.0. The number of allylic oxidation sites excluding steroid dienone is 16. The minimum Gasteiger partial charge on any atom is -0.462 e. The first-order chi connectivity index (χ1) is 37.5. The highest BCUT2D eigenvalue weighted by Crippen LogP contribution is 2.16. The van der Waals surface area contributed by atoms with Crippen molar-refractivity contribution in [2.24, 2.45) is 0 Å². The van der Waals surface area contributed by atoms with Gasteiger partial charge in [0.2, 0.25) is 0 Å². The van der Waals surface area contributed by atoms with Crippen molar-refractivity contribution in [2.45, 2.75) is 316 Å². The predicted molar refractivity (Wildman–Crippen MR) is 330 cm³/mol. The quantitative estimate of drug-likeness (QED) is 0.0261. The number of hydrogen-bond acceptors (Lipinski definition) is 6. The fourth-order valence-corrected chi connectivity index (χ4v) is 8.95. The molecule has 436 valence electrons. The second-order valence-electron chi connectivity index (χ2n) is 21.3. The summed E-state index contributed by atoms with van der Waals surface area (Å²) >= 11 is 0. The van der Waals surface area contributed by atoms with E-state index in [1.807, 2.05) is 0 Å². The van der Waals surface area contributed by atoms with Gasteiger partial charge in [-0.05, 0) is 116 Å². The third-order valence-electron chi connectivity index (χ3n) is 13.8. The number of carbonyl (C=O) groups is 3. The summed E-state index contributed by atoms with van der Waals surface area (Å²) in [7, 11) is 0. The molecule has 0 amide bonds. The Labute approximate surface area is 470 Å². The van der Waals surface area contributed by atoms with Crippen LogP contribution >= 0.6 is 0 Å². The topological polar surface area (TPSA) is 78.9 Å². The molecule has 1 unspecified atom stereocenters. The molecule has 0 N–H and O–H groups in total. The maximum absolute atomic E-state index is 12.9. The van der Waals surface area contributed by atoms with Crippen molar-refractivity contribution in [3.63, 3.8) is 0 Å². The van der Waals surface area contributed by atoms with E-state index in [9.17, 15) is 14.4 Å². The van der Waals surface area contributed by atoms with Gasteiger partial charge in [-0.1, -0.05) is 272 Å².